The molecule has 2 unspecified atom stereocenters. The van der Waals surface area contributed by atoms with Gasteiger partial charge in [0.15, 0.2) is 0 Å². The van der Waals surface area contributed by atoms with Crippen molar-refractivity contribution in [3.05, 3.63) is 34.9 Å². The number of halogens is 2. The van der Waals surface area contributed by atoms with Gasteiger partial charge in [0.1, 0.15) is 6.04 Å². The number of nitrogens with one attached hydrogen (secondary N) is 1. The van der Waals surface area contributed by atoms with Gasteiger partial charge in [0.05, 0.1) is 23.2 Å². The summed E-state index contributed by atoms with van der Waals surface area (Å²) < 4.78 is 28.2. The number of nitrogens with zero attached hydrogens (tertiary/aromatic N) is 2. The quantitative estimate of drug-likeness (QED) is 0.696. The number of amides is 4. The number of hydrogen-bond donors (Lipinski definition) is 2. The molecule has 0 aliphatic carbocycles. The summed E-state index contributed by atoms with van der Waals surface area (Å²) in [5.74, 6) is -5.52. The van der Waals surface area contributed by atoms with Crippen LogP contribution in [-0.4, -0.2) is 64.0 Å². The monoisotopic (exact) mass is 406 g/mol. The third-order valence-electron chi connectivity index (χ3n) is 5.76. The van der Waals surface area contributed by atoms with E-state index in [4.69, 9.17) is 5.73 Å². The van der Waals surface area contributed by atoms with Gasteiger partial charge in [0.25, 0.3) is 17.7 Å². The average molecular weight is 406 g/mol. The molecule has 8 nitrogen and oxygen atoms in total. The fraction of sp³-hybridized carbons (Fsp3) is 0.474. The van der Waals surface area contributed by atoms with E-state index in [9.17, 15) is 28.0 Å². The van der Waals surface area contributed by atoms with Gasteiger partial charge in [-0.1, -0.05) is 12.1 Å². The molecule has 0 spiro atoms. The van der Waals surface area contributed by atoms with E-state index < -0.39 is 47.7 Å². The van der Waals surface area contributed by atoms with Crippen molar-refractivity contribution in [2.24, 2.45) is 5.73 Å². The molecule has 2 saturated heterocycles. The zero-order valence-corrected chi connectivity index (χ0v) is 15.7. The van der Waals surface area contributed by atoms with Gasteiger partial charge in [0, 0.05) is 19.5 Å². The Morgan fingerprint density at radius 3 is 2.52 bits per heavy atom. The molecule has 2 fully saturated rings. The fourth-order valence-electron chi connectivity index (χ4n) is 4.17. The number of likely N-dealkylation sites (tertiary alicyclic amines) is 1. The highest BCUT2D eigenvalue weighted by Gasteiger charge is 2.55. The third kappa shape index (κ3) is 3.03. The molecule has 1 aromatic rings. The summed E-state index contributed by atoms with van der Waals surface area (Å²) in [7, 11) is 0. The number of rotatable bonds is 3. The van der Waals surface area contributed by atoms with Gasteiger partial charge in [-0.3, -0.25) is 34.3 Å². The van der Waals surface area contributed by atoms with Crippen LogP contribution < -0.4 is 11.1 Å². The minimum atomic E-state index is -3.08. The van der Waals surface area contributed by atoms with Gasteiger partial charge >= 0.3 is 0 Å². The Balaban J connectivity index is 1.62. The Morgan fingerprint density at radius 2 is 1.90 bits per heavy atom. The zero-order chi connectivity index (χ0) is 21.1. The molecule has 154 valence electrons. The largest absolute Gasteiger partial charge is 0.319 e. The van der Waals surface area contributed by atoms with Gasteiger partial charge in [0.2, 0.25) is 11.8 Å². The average Bonchev–Trinajstić information content (AvgIpc) is 2.98. The maximum Gasteiger partial charge on any atom is 0.279 e. The number of carbonyl (C=O) groups excluding carboxylic acids is 4. The van der Waals surface area contributed by atoms with Gasteiger partial charge < -0.3 is 5.73 Å². The predicted octanol–water partition coefficient (Wildman–Crippen LogP) is 0.256. The number of benzene rings is 1. The van der Waals surface area contributed by atoms with E-state index >= 15 is 0 Å². The number of fused-ring (bicyclic) bond motifs is 1. The van der Waals surface area contributed by atoms with E-state index in [1.807, 2.05) is 0 Å². The molecule has 3 N–H and O–H groups in total. The van der Waals surface area contributed by atoms with E-state index in [-0.39, 0.29) is 37.1 Å². The molecule has 3 aliphatic heterocycles. The van der Waals surface area contributed by atoms with E-state index in [2.05, 4.69) is 5.32 Å². The number of nitrogens with two attached hydrogens (primary N) is 1. The summed E-state index contributed by atoms with van der Waals surface area (Å²) >= 11 is 0. The van der Waals surface area contributed by atoms with Gasteiger partial charge in [-0.2, -0.15) is 0 Å². The van der Waals surface area contributed by atoms with Crippen LogP contribution in [-0.2, 0) is 16.1 Å². The molecule has 1 aromatic carbocycles. The molecule has 0 radical (unpaired) electrons. The smallest absolute Gasteiger partial charge is 0.279 e. The highest BCUT2D eigenvalue weighted by Crippen LogP contribution is 2.36. The highest BCUT2D eigenvalue weighted by atomic mass is 19.3. The number of alkyl halides is 2. The second-order valence-electron chi connectivity index (χ2n) is 8.05. The van der Waals surface area contributed by atoms with Crippen molar-refractivity contribution in [1.29, 1.82) is 0 Å². The number of piperidine rings is 1. The van der Waals surface area contributed by atoms with Gasteiger partial charge in [-0.25, -0.2) is 8.78 Å². The molecular formula is C19H20F2N4O4. The number of hydrogen-bond acceptors (Lipinski definition) is 6. The van der Waals surface area contributed by atoms with Crippen LogP contribution in [0.5, 0.6) is 0 Å². The molecule has 3 heterocycles. The van der Waals surface area contributed by atoms with Crippen LogP contribution >= 0.6 is 0 Å². The SMILES string of the molecule is CC1(N)CN(Cc2cccc3c2C(=O)N(C2CCC(=O)NC2=O)C3=O)CC1(F)F. The first-order valence-corrected chi connectivity index (χ1v) is 9.24. The van der Waals surface area contributed by atoms with Gasteiger partial charge in [-0.15, -0.1) is 0 Å². The summed E-state index contributed by atoms with van der Waals surface area (Å²) in [5, 5.41) is 2.14. The van der Waals surface area contributed by atoms with Crippen molar-refractivity contribution in [1.82, 2.24) is 15.1 Å². The maximum absolute atomic E-state index is 14.1. The van der Waals surface area contributed by atoms with Crippen molar-refractivity contribution < 1.29 is 28.0 Å². The van der Waals surface area contributed by atoms with E-state index in [1.54, 1.807) is 12.1 Å². The van der Waals surface area contributed by atoms with E-state index in [1.165, 1.54) is 17.9 Å². The first-order valence-electron chi connectivity index (χ1n) is 9.24. The zero-order valence-electron chi connectivity index (χ0n) is 15.7. The first kappa shape index (κ1) is 19.6. The second-order valence-corrected chi connectivity index (χ2v) is 8.05. The van der Waals surface area contributed by atoms with E-state index in [0.29, 0.717) is 5.56 Å². The van der Waals surface area contributed by atoms with Crippen LogP contribution in [0.25, 0.3) is 0 Å². The molecule has 4 amide bonds. The molecule has 2 atom stereocenters. The number of imide groups is 2. The summed E-state index contributed by atoms with van der Waals surface area (Å²) in [5.41, 5.74) is 4.68. The minimum Gasteiger partial charge on any atom is -0.319 e. The Labute approximate surface area is 165 Å². The summed E-state index contributed by atoms with van der Waals surface area (Å²) in [6, 6.07) is 3.57. The Hall–Kier alpha value is -2.72. The lowest BCUT2D eigenvalue weighted by molar-refractivity contribution is -0.136. The molecule has 0 saturated carbocycles. The van der Waals surface area contributed by atoms with Crippen LogP contribution in [0.15, 0.2) is 18.2 Å². The van der Waals surface area contributed by atoms with Crippen LogP contribution in [0.4, 0.5) is 8.78 Å². The van der Waals surface area contributed by atoms with Crippen LogP contribution in [0.1, 0.15) is 46.0 Å². The second kappa shape index (κ2) is 6.39. The van der Waals surface area contributed by atoms with Crippen LogP contribution in [0.2, 0.25) is 0 Å². The van der Waals surface area contributed by atoms with Crippen molar-refractivity contribution in [2.75, 3.05) is 13.1 Å². The minimum absolute atomic E-state index is 0.0216. The lowest BCUT2D eigenvalue weighted by Gasteiger charge is -2.28. The van der Waals surface area contributed by atoms with Crippen molar-refractivity contribution >= 4 is 23.6 Å². The van der Waals surface area contributed by atoms with Crippen molar-refractivity contribution in [2.45, 2.75) is 43.8 Å². The third-order valence-corrected chi connectivity index (χ3v) is 5.76. The standard InChI is InChI=1S/C19H20F2N4O4/c1-18(22)8-24(9-19(18,20)21)7-10-3-2-4-11-14(10)17(29)25(16(11)28)12-5-6-13(26)23-15(12)27/h2-4,12H,5-9,22H2,1H3,(H,23,26,27). The molecular weight excluding hydrogens is 386 g/mol. The summed E-state index contributed by atoms with van der Waals surface area (Å²) in [6.07, 6.45) is 0.0734. The molecule has 29 heavy (non-hydrogen) atoms. The lowest BCUT2D eigenvalue weighted by atomic mass is 9.99. The molecule has 0 aromatic heterocycles. The fourth-order valence-corrected chi connectivity index (χ4v) is 4.17. The normalized spacial score (nSPS) is 29.4. The maximum atomic E-state index is 14.1. The highest BCUT2D eigenvalue weighted by molar-refractivity contribution is 6.24. The molecule has 4 rings (SSSR count). The molecule has 10 heteroatoms. The van der Waals surface area contributed by atoms with Crippen LogP contribution in [0, 0.1) is 0 Å². The Bertz CT molecular complexity index is 930. The first-order chi connectivity index (χ1) is 13.5. The van der Waals surface area contributed by atoms with Crippen LogP contribution in [0.3, 0.4) is 0 Å². The van der Waals surface area contributed by atoms with Gasteiger partial charge in [-0.05, 0) is 25.0 Å². The lowest BCUT2D eigenvalue weighted by Crippen LogP contribution is -2.54. The summed E-state index contributed by atoms with van der Waals surface area (Å²) in [6.45, 7) is 0.681. The number of carbonyl (C=O) groups is 4. The molecule has 0 bridgehead atoms. The summed E-state index contributed by atoms with van der Waals surface area (Å²) in [4.78, 5) is 51.7. The van der Waals surface area contributed by atoms with Crippen molar-refractivity contribution in [3.8, 4) is 0 Å². The predicted molar refractivity (Wildman–Crippen MR) is 95.9 cm³/mol. The van der Waals surface area contributed by atoms with E-state index in [0.717, 1.165) is 4.90 Å². The van der Waals surface area contributed by atoms with Crippen molar-refractivity contribution in [3.63, 3.8) is 0 Å². The Morgan fingerprint density at radius 1 is 1.17 bits per heavy atom. The topological polar surface area (TPSA) is 113 Å². The Kier molecular flexibility index (Phi) is 4.32. The molecule has 3 aliphatic rings.